The highest BCUT2D eigenvalue weighted by Crippen LogP contribution is 2.35. The molecule has 3 nitrogen and oxygen atoms in total. The van der Waals surface area contributed by atoms with Crippen molar-refractivity contribution in [3.63, 3.8) is 0 Å². The van der Waals surface area contributed by atoms with Crippen LogP contribution >= 0.6 is 0 Å². The van der Waals surface area contributed by atoms with Crippen molar-refractivity contribution >= 4 is 0 Å². The van der Waals surface area contributed by atoms with Crippen molar-refractivity contribution < 1.29 is 23.4 Å². The predicted octanol–water partition coefficient (Wildman–Crippen LogP) is 2.19. The van der Waals surface area contributed by atoms with Gasteiger partial charge >= 0.3 is 6.18 Å². The van der Waals surface area contributed by atoms with Crippen LogP contribution in [0.15, 0.2) is 24.3 Å². The number of aliphatic hydroxyl groups excluding tert-OH is 2. The Bertz CT molecular complexity index is 447. The molecule has 0 radical (unpaired) electrons. The standard InChI is InChI=1S/C14H18F3NO2/c1-18-11(8-19)6-12(20)7-13(18)9-2-4-10(5-3-9)14(15,16)17/h2-5,11-13,19-20H,6-8H2,1H3/t11-,12-,13+/m0/s1. The first-order valence-electron chi connectivity index (χ1n) is 6.51. The SMILES string of the molecule is CN1[C@H](CO)C[C@H](O)C[C@@H]1c1ccc(C(F)(F)F)cc1. The van der Waals surface area contributed by atoms with Crippen LogP contribution in [0.25, 0.3) is 0 Å². The van der Waals surface area contributed by atoms with Gasteiger partial charge in [-0.3, -0.25) is 4.90 Å². The van der Waals surface area contributed by atoms with E-state index in [1.165, 1.54) is 12.1 Å². The maximum Gasteiger partial charge on any atom is 0.416 e. The topological polar surface area (TPSA) is 43.7 Å². The Morgan fingerprint density at radius 1 is 1.20 bits per heavy atom. The number of hydrogen-bond acceptors (Lipinski definition) is 3. The highest BCUT2D eigenvalue weighted by atomic mass is 19.4. The van der Waals surface area contributed by atoms with Crippen LogP contribution in [-0.4, -0.2) is 40.9 Å². The normalized spacial score (nSPS) is 28.6. The molecular weight excluding hydrogens is 271 g/mol. The zero-order chi connectivity index (χ0) is 14.9. The number of piperidine rings is 1. The molecule has 0 aliphatic carbocycles. The maximum atomic E-state index is 12.5. The Labute approximate surface area is 115 Å². The molecule has 1 fully saturated rings. The molecule has 0 spiro atoms. The number of halogens is 3. The average molecular weight is 289 g/mol. The first kappa shape index (κ1) is 15.3. The molecule has 0 aromatic heterocycles. The molecule has 3 atom stereocenters. The monoisotopic (exact) mass is 289 g/mol. The molecule has 2 N–H and O–H groups in total. The summed E-state index contributed by atoms with van der Waals surface area (Å²) in [7, 11) is 1.81. The molecule has 6 heteroatoms. The summed E-state index contributed by atoms with van der Waals surface area (Å²) in [4.78, 5) is 1.91. The first-order valence-corrected chi connectivity index (χ1v) is 6.51. The molecule has 20 heavy (non-hydrogen) atoms. The lowest BCUT2D eigenvalue weighted by Gasteiger charge is -2.41. The van der Waals surface area contributed by atoms with Crippen molar-refractivity contribution in [3.8, 4) is 0 Å². The zero-order valence-electron chi connectivity index (χ0n) is 11.1. The van der Waals surface area contributed by atoms with Gasteiger partial charge in [-0.15, -0.1) is 0 Å². The van der Waals surface area contributed by atoms with E-state index in [0.717, 1.165) is 17.7 Å². The summed E-state index contributed by atoms with van der Waals surface area (Å²) in [5.41, 5.74) is 0.0386. The van der Waals surface area contributed by atoms with E-state index in [1.54, 1.807) is 0 Å². The second kappa shape index (κ2) is 5.71. The molecule has 2 rings (SSSR count). The average Bonchev–Trinajstić information content (AvgIpc) is 2.40. The van der Waals surface area contributed by atoms with Gasteiger partial charge in [-0.05, 0) is 37.6 Å². The Kier molecular flexibility index (Phi) is 4.36. The van der Waals surface area contributed by atoms with Crippen LogP contribution in [0.2, 0.25) is 0 Å². The minimum absolute atomic E-state index is 0.0787. The first-order chi connectivity index (χ1) is 9.32. The largest absolute Gasteiger partial charge is 0.416 e. The van der Waals surface area contributed by atoms with E-state index < -0.39 is 17.8 Å². The Balaban J connectivity index is 2.21. The van der Waals surface area contributed by atoms with Crippen molar-refractivity contribution in [1.82, 2.24) is 4.90 Å². The number of alkyl halides is 3. The van der Waals surface area contributed by atoms with Crippen LogP contribution in [0, 0.1) is 0 Å². The van der Waals surface area contributed by atoms with E-state index in [2.05, 4.69) is 0 Å². The lowest BCUT2D eigenvalue weighted by molar-refractivity contribution is -0.137. The van der Waals surface area contributed by atoms with Gasteiger partial charge < -0.3 is 10.2 Å². The third-order valence-corrected chi connectivity index (χ3v) is 3.94. The molecule has 0 amide bonds. The van der Waals surface area contributed by atoms with Crippen LogP contribution in [0.3, 0.4) is 0 Å². The Morgan fingerprint density at radius 2 is 1.80 bits per heavy atom. The van der Waals surface area contributed by atoms with Gasteiger partial charge in [0.2, 0.25) is 0 Å². The fourth-order valence-corrected chi connectivity index (χ4v) is 2.72. The molecule has 112 valence electrons. The van der Waals surface area contributed by atoms with Gasteiger partial charge in [0, 0.05) is 12.1 Å². The number of aliphatic hydroxyl groups is 2. The lowest BCUT2D eigenvalue weighted by atomic mass is 9.89. The van der Waals surface area contributed by atoms with Crippen LogP contribution in [0.5, 0.6) is 0 Å². The maximum absolute atomic E-state index is 12.5. The second-order valence-electron chi connectivity index (χ2n) is 5.26. The van der Waals surface area contributed by atoms with Crippen LogP contribution in [0.1, 0.15) is 30.0 Å². The summed E-state index contributed by atoms with van der Waals surface area (Å²) in [5.74, 6) is 0. The number of benzene rings is 1. The number of likely N-dealkylation sites (N-methyl/N-ethyl adjacent to an activating group) is 1. The smallest absolute Gasteiger partial charge is 0.395 e. The molecule has 1 aromatic rings. The number of rotatable bonds is 2. The van der Waals surface area contributed by atoms with Gasteiger partial charge in [-0.25, -0.2) is 0 Å². The van der Waals surface area contributed by atoms with Crippen molar-refractivity contribution in [2.45, 2.75) is 37.2 Å². The van der Waals surface area contributed by atoms with Gasteiger partial charge in [-0.1, -0.05) is 12.1 Å². The highest BCUT2D eigenvalue weighted by Gasteiger charge is 2.34. The Morgan fingerprint density at radius 3 is 2.30 bits per heavy atom. The molecule has 0 unspecified atom stereocenters. The quantitative estimate of drug-likeness (QED) is 0.877. The van der Waals surface area contributed by atoms with Crippen molar-refractivity contribution in [2.75, 3.05) is 13.7 Å². The van der Waals surface area contributed by atoms with Crippen molar-refractivity contribution in [2.24, 2.45) is 0 Å². The minimum atomic E-state index is -4.34. The summed E-state index contributed by atoms with van der Waals surface area (Å²) in [6.45, 7) is -0.0787. The molecule has 0 saturated carbocycles. The highest BCUT2D eigenvalue weighted by molar-refractivity contribution is 5.27. The summed E-state index contributed by atoms with van der Waals surface area (Å²) in [5, 5.41) is 19.1. The summed E-state index contributed by atoms with van der Waals surface area (Å²) in [6.07, 6.45) is -3.96. The van der Waals surface area contributed by atoms with Crippen molar-refractivity contribution in [1.29, 1.82) is 0 Å². The molecule has 0 bridgehead atoms. The lowest BCUT2D eigenvalue weighted by Crippen LogP contribution is -2.45. The summed E-state index contributed by atoms with van der Waals surface area (Å²) < 4.78 is 37.6. The molecular formula is C14H18F3NO2. The van der Waals surface area contributed by atoms with Gasteiger partial charge in [0.1, 0.15) is 0 Å². The van der Waals surface area contributed by atoms with Crippen LogP contribution < -0.4 is 0 Å². The van der Waals surface area contributed by atoms with Gasteiger partial charge in [-0.2, -0.15) is 13.2 Å². The minimum Gasteiger partial charge on any atom is -0.395 e. The fraction of sp³-hybridized carbons (Fsp3) is 0.571. The Hall–Kier alpha value is -1.11. The molecule has 1 heterocycles. The van der Waals surface area contributed by atoms with Gasteiger partial charge in [0.05, 0.1) is 18.3 Å². The van der Waals surface area contributed by atoms with E-state index in [0.29, 0.717) is 12.8 Å². The van der Waals surface area contributed by atoms with Crippen molar-refractivity contribution in [3.05, 3.63) is 35.4 Å². The van der Waals surface area contributed by atoms with Crippen LogP contribution in [0.4, 0.5) is 13.2 Å². The predicted molar refractivity (Wildman–Crippen MR) is 68.1 cm³/mol. The molecule has 1 saturated heterocycles. The van der Waals surface area contributed by atoms with Crippen LogP contribution in [-0.2, 0) is 6.18 Å². The second-order valence-corrected chi connectivity index (χ2v) is 5.26. The third-order valence-electron chi connectivity index (χ3n) is 3.94. The van der Waals surface area contributed by atoms with E-state index >= 15 is 0 Å². The molecule has 1 aliphatic rings. The van der Waals surface area contributed by atoms with E-state index in [4.69, 9.17) is 0 Å². The number of hydrogen-bond donors (Lipinski definition) is 2. The number of nitrogens with zero attached hydrogens (tertiary/aromatic N) is 1. The van der Waals surface area contributed by atoms with E-state index in [1.807, 2.05) is 11.9 Å². The summed E-state index contributed by atoms with van der Waals surface area (Å²) in [6, 6.07) is 4.63. The molecule has 1 aliphatic heterocycles. The molecule has 1 aromatic carbocycles. The van der Waals surface area contributed by atoms with E-state index in [9.17, 15) is 23.4 Å². The zero-order valence-corrected chi connectivity index (χ0v) is 11.1. The number of likely N-dealkylation sites (tertiary alicyclic amines) is 1. The van der Waals surface area contributed by atoms with Gasteiger partial charge in [0.25, 0.3) is 0 Å². The van der Waals surface area contributed by atoms with E-state index in [-0.39, 0.29) is 18.7 Å². The van der Waals surface area contributed by atoms with Gasteiger partial charge in [0.15, 0.2) is 0 Å². The fourth-order valence-electron chi connectivity index (χ4n) is 2.72. The third kappa shape index (κ3) is 3.13. The summed E-state index contributed by atoms with van der Waals surface area (Å²) >= 11 is 0.